The Kier molecular flexibility index (Phi) is 6.07. The Morgan fingerprint density at radius 2 is 1.56 bits per heavy atom. The Hall–Kier alpha value is -4.74. The molecule has 1 unspecified atom stereocenters. The van der Waals surface area contributed by atoms with Crippen LogP contribution in [0.15, 0.2) is 113 Å². The average molecular weight is 493 g/mol. The van der Waals surface area contributed by atoms with Gasteiger partial charge in [0.15, 0.2) is 0 Å². The van der Waals surface area contributed by atoms with Crippen LogP contribution in [0.3, 0.4) is 0 Å². The van der Waals surface area contributed by atoms with E-state index in [4.69, 9.17) is 10.3 Å². The van der Waals surface area contributed by atoms with E-state index >= 15 is 0 Å². The van der Waals surface area contributed by atoms with Crippen LogP contribution in [0.2, 0.25) is 0 Å². The van der Waals surface area contributed by atoms with Gasteiger partial charge in [-0.2, -0.15) is 5.26 Å². The van der Waals surface area contributed by atoms with Gasteiger partial charge in [0.05, 0.1) is 27.9 Å². The van der Waals surface area contributed by atoms with Crippen molar-refractivity contribution in [3.05, 3.63) is 120 Å². The topological polar surface area (TPSA) is 111 Å². The number of nitrogens with zero attached hydrogens (tertiary/aromatic N) is 2. The number of carbonyl (C=O) groups is 1. The summed E-state index contributed by atoms with van der Waals surface area (Å²) in [4.78, 5) is 18.1. The van der Waals surface area contributed by atoms with Crippen molar-refractivity contribution >= 4 is 38.7 Å². The lowest BCUT2D eigenvalue weighted by atomic mass is 9.90. The maximum absolute atomic E-state index is 13.2. The fourth-order valence-corrected chi connectivity index (χ4v) is 5.14. The second kappa shape index (κ2) is 9.49. The van der Waals surface area contributed by atoms with E-state index in [2.05, 4.69) is 16.1 Å². The van der Waals surface area contributed by atoms with Crippen molar-refractivity contribution in [2.75, 3.05) is 10.0 Å². The summed E-state index contributed by atoms with van der Waals surface area (Å²) in [5.74, 6) is -1.02. The molecule has 5 rings (SSSR count). The van der Waals surface area contributed by atoms with Gasteiger partial charge >= 0.3 is 0 Å². The first-order chi connectivity index (χ1) is 17.4. The predicted octanol–water partition coefficient (Wildman–Crippen LogP) is 5.22. The van der Waals surface area contributed by atoms with Gasteiger partial charge in [-0.05, 0) is 65.7 Å². The molecule has 176 valence electrons. The van der Waals surface area contributed by atoms with E-state index in [1.165, 1.54) is 12.1 Å². The molecule has 0 saturated carbocycles. The summed E-state index contributed by atoms with van der Waals surface area (Å²) in [6.07, 6.45) is 0. The van der Waals surface area contributed by atoms with Gasteiger partial charge < -0.3 is 5.32 Å². The third kappa shape index (κ3) is 4.60. The van der Waals surface area contributed by atoms with Gasteiger partial charge in [0, 0.05) is 11.4 Å². The number of hydrogen-bond acceptors (Lipinski definition) is 5. The van der Waals surface area contributed by atoms with Gasteiger partial charge in [-0.25, -0.2) is 8.42 Å². The first-order valence-electron chi connectivity index (χ1n) is 11.1. The highest BCUT2D eigenvalue weighted by molar-refractivity contribution is 7.92. The number of fused-ring (bicyclic) bond motifs is 1. The third-order valence-electron chi connectivity index (χ3n) is 5.78. The van der Waals surface area contributed by atoms with E-state index < -0.39 is 15.9 Å². The Morgan fingerprint density at radius 3 is 2.22 bits per heavy atom. The SMILES string of the molecule is N#Cc1ccc(N=C(c2ccccc2)C2C(=O)Nc3ccc(NS(=O)(=O)c4ccccc4)cc32)cc1. The monoisotopic (exact) mass is 492 g/mol. The molecule has 0 bridgehead atoms. The Bertz CT molecular complexity index is 1610. The normalized spacial score (nSPS) is 15.0. The first-order valence-corrected chi connectivity index (χ1v) is 12.6. The molecule has 4 aromatic rings. The van der Waals surface area contributed by atoms with Crippen LogP contribution in [-0.2, 0) is 14.8 Å². The standard InChI is InChI=1S/C28H20N4O3S/c29-18-19-11-13-21(14-12-19)30-27(20-7-3-1-4-8-20)26-24-17-22(15-16-25(24)31-28(26)33)32-36(34,35)23-9-5-2-6-10-23/h1-17,26,32H,(H,31,33). The molecule has 2 N–H and O–H groups in total. The van der Waals surface area contributed by atoms with E-state index in [1.54, 1.807) is 60.7 Å². The van der Waals surface area contributed by atoms with Crippen molar-refractivity contribution < 1.29 is 13.2 Å². The highest BCUT2D eigenvalue weighted by Crippen LogP contribution is 2.38. The van der Waals surface area contributed by atoms with Crippen molar-refractivity contribution in [3.8, 4) is 6.07 Å². The van der Waals surface area contributed by atoms with Crippen LogP contribution in [-0.4, -0.2) is 20.0 Å². The van der Waals surface area contributed by atoms with E-state index in [0.717, 1.165) is 5.56 Å². The highest BCUT2D eigenvalue weighted by Gasteiger charge is 2.36. The molecule has 0 aromatic heterocycles. The Morgan fingerprint density at radius 1 is 0.889 bits per heavy atom. The molecule has 0 aliphatic carbocycles. The molecule has 1 atom stereocenters. The molecule has 0 spiro atoms. The number of anilines is 2. The minimum absolute atomic E-state index is 0.142. The highest BCUT2D eigenvalue weighted by atomic mass is 32.2. The lowest BCUT2D eigenvalue weighted by molar-refractivity contribution is -0.115. The lowest BCUT2D eigenvalue weighted by Crippen LogP contribution is -2.22. The molecule has 0 fully saturated rings. The number of nitrogens with one attached hydrogen (secondary N) is 2. The van der Waals surface area contributed by atoms with Gasteiger partial charge in [-0.1, -0.05) is 48.5 Å². The van der Waals surface area contributed by atoms with Crippen molar-refractivity contribution in [3.63, 3.8) is 0 Å². The molecule has 1 aliphatic heterocycles. The van der Waals surface area contributed by atoms with Crippen molar-refractivity contribution in [1.29, 1.82) is 5.26 Å². The molecular weight excluding hydrogens is 472 g/mol. The second-order valence-corrected chi connectivity index (χ2v) is 9.85. The Labute approximate surface area is 208 Å². The molecule has 36 heavy (non-hydrogen) atoms. The number of carbonyl (C=O) groups excluding carboxylic acids is 1. The van der Waals surface area contributed by atoms with Gasteiger partial charge in [-0.15, -0.1) is 0 Å². The van der Waals surface area contributed by atoms with Crippen LogP contribution in [0.5, 0.6) is 0 Å². The smallest absolute Gasteiger partial charge is 0.261 e. The van der Waals surface area contributed by atoms with E-state index in [0.29, 0.717) is 33.9 Å². The summed E-state index contributed by atoms with van der Waals surface area (Å²) in [7, 11) is -3.80. The summed E-state index contributed by atoms with van der Waals surface area (Å²) in [5, 5.41) is 12.0. The molecule has 0 saturated heterocycles. The van der Waals surface area contributed by atoms with Crippen LogP contribution < -0.4 is 10.0 Å². The maximum Gasteiger partial charge on any atom is 0.261 e. The lowest BCUT2D eigenvalue weighted by Gasteiger charge is -2.15. The largest absolute Gasteiger partial charge is 0.325 e. The van der Waals surface area contributed by atoms with Crippen molar-refractivity contribution in [2.45, 2.75) is 10.8 Å². The maximum atomic E-state index is 13.2. The average Bonchev–Trinajstić information content (AvgIpc) is 3.23. The number of benzene rings is 4. The fourth-order valence-electron chi connectivity index (χ4n) is 4.06. The predicted molar refractivity (Wildman–Crippen MR) is 139 cm³/mol. The molecule has 8 heteroatoms. The summed E-state index contributed by atoms with van der Waals surface area (Å²) in [6.45, 7) is 0. The number of rotatable bonds is 6. The summed E-state index contributed by atoms with van der Waals surface area (Å²) < 4.78 is 28.3. The zero-order valence-electron chi connectivity index (χ0n) is 18.9. The molecular formula is C28H20N4O3S. The molecule has 4 aromatic carbocycles. The number of hydrogen-bond donors (Lipinski definition) is 2. The number of aliphatic imine (C=N–C) groups is 1. The molecule has 0 radical (unpaired) electrons. The van der Waals surface area contributed by atoms with Crippen LogP contribution in [0, 0.1) is 11.3 Å². The quantitative estimate of drug-likeness (QED) is 0.360. The zero-order valence-corrected chi connectivity index (χ0v) is 19.7. The first kappa shape index (κ1) is 23.0. The van der Waals surface area contributed by atoms with Gasteiger partial charge in [0.1, 0.15) is 5.92 Å². The zero-order chi connectivity index (χ0) is 25.1. The van der Waals surface area contributed by atoms with Crippen molar-refractivity contribution in [1.82, 2.24) is 0 Å². The molecule has 1 amide bonds. The molecule has 7 nitrogen and oxygen atoms in total. The van der Waals surface area contributed by atoms with Gasteiger partial charge in [-0.3, -0.25) is 14.5 Å². The van der Waals surface area contributed by atoms with Crippen LogP contribution in [0.1, 0.15) is 22.6 Å². The Balaban J connectivity index is 1.57. The summed E-state index contributed by atoms with van der Waals surface area (Å²) in [6, 6.07) is 31.2. The fraction of sp³-hybridized carbons (Fsp3) is 0.0357. The summed E-state index contributed by atoms with van der Waals surface area (Å²) >= 11 is 0. The van der Waals surface area contributed by atoms with Crippen LogP contribution >= 0.6 is 0 Å². The van der Waals surface area contributed by atoms with E-state index in [-0.39, 0.29) is 10.8 Å². The minimum atomic E-state index is -3.80. The van der Waals surface area contributed by atoms with Gasteiger partial charge in [0.25, 0.3) is 10.0 Å². The van der Waals surface area contributed by atoms with E-state index in [9.17, 15) is 13.2 Å². The number of sulfonamides is 1. The van der Waals surface area contributed by atoms with Crippen molar-refractivity contribution in [2.24, 2.45) is 4.99 Å². The van der Waals surface area contributed by atoms with Crippen LogP contribution in [0.4, 0.5) is 17.1 Å². The minimum Gasteiger partial charge on any atom is -0.325 e. The molecule has 1 heterocycles. The van der Waals surface area contributed by atoms with E-state index in [1.807, 2.05) is 30.3 Å². The second-order valence-electron chi connectivity index (χ2n) is 8.16. The van der Waals surface area contributed by atoms with Crippen LogP contribution in [0.25, 0.3) is 0 Å². The number of nitriles is 1. The number of amides is 1. The third-order valence-corrected chi connectivity index (χ3v) is 7.17. The summed E-state index contributed by atoms with van der Waals surface area (Å²) in [5.41, 5.74) is 3.92. The van der Waals surface area contributed by atoms with Gasteiger partial charge in [0.2, 0.25) is 5.91 Å². The molecule has 1 aliphatic rings.